The molecule has 0 aliphatic carbocycles. The minimum Gasteiger partial charge on any atom is -0.444 e. The maximum atomic E-state index is 13.2. The molecule has 1 aromatic rings. The minimum atomic E-state index is -0.569. The van der Waals surface area contributed by atoms with Gasteiger partial charge in [-0.05, 0) is 78.9 Å². The molecule has 7 nitrogen and oxygen atoms in total. The molecule has 1 N–H and O–H groups in total. The van der Waals surface area contributed by atoms with Gasteiger partial charge in [-0.3, -0.25) is 4.79 Å². The standard InChI is InChI=1S/C23H34BClN2O5/c1-21(2,3)30-20(29)26-16-9-8-12-27(14-16)19(28)17-11-10-15(13-18(17)25)24-31-22(4,5)23(6,7)32-24/h10-11,13,16H,8-9,12,14H2,1-7H3,(H,26,29). The Bertz CT molecular complexity index is 868. The lowest BCUT2D eigenvalue weighted by Crippen LogP contribution is -2.50. The van der Waals surface area contributed by atoms with Crippen LogP contribution >= 0.6 is 11.6 Å². The number of piperidine rings is 1. The summed E-state index contributed by atoms with van der Waals surface area (Å²) in [7, 11) is -0.543. The van der Waals surface area contributed by atoms with Gasteiger partial charge in [-0.1, -0.05) is 17.7 Å². The van der Waals surface area contributed by atoms with Crippen molar-refractivity contribution in [2.45, 2.75) is 84.2 Å². The summed E-state index contributed by atoms with van der Waals surface area (Å²) in [4.78, 5) is 27.0. The van der Waals surface area contributed by atoms with Gasteiger partial charge in [0.05, 0.1) is 21.8 Å². The molecular formula is C23H34BClN2O5. The summed E-state index contributed by atoms with van der Waals surface area (Å²) in [6.45, 7) is 14.4. The Kier molecular flexibility index (Phi) is 6.90. The third kappa shape index (κ3) is 5.59. The second-order valence-electron chi connectivity index (χ2n) is 10.6. The highest BCUT2D eigenvalue weighted by atomic mass is 35.5. The van der Waals surface area contributed by atoms with Crippen LogP contribution < -0.4 is 10.8 Å². The van der Waals surface area contributed by atoms with Crippen molar-refractivity contribution in [2.24, 2.45) is 0 Å². The van der Waals surface area contributed by atoms with Gasteiger partial charge in [0, 0.05) is 19.1 Å². The average Bonchev–Trinajstić information content (AvgIpc) is 2.87. The van der Waals surface area contributed by atoms with Crippen molar-refractivity contribution in [1.29, 1.82) is 0 Å². The lowest BCUT2D eigenvalue weighted by atomic mass is 9.79. The van der Waals surface area contributed by atoms with Gasteiger partial charge in [0.15, 0.2) is 0 Å². The molecule has 1 unspecified atom stereocenters. The Morgan fingerprint density at radius 1 is 1.19 bits per heavy atom. The molecule has 1 aromatic carbocycles. The monoisotopic (exact) mass is 464 g/mol. The first-order valence-corrected chi connectivity index (χ1v) is 11.5. The molecular weight excluding hydrogens is 431 g/mol. The molecule has 2 amide bonds. The zero-order chi connectivity index (χ0) is 23.9. The quantitative estimate of drug-likeness (QED) is 0.689. The van der Waals surface area contributed by atoms with Crippen LogP contribution in [0.5, 0.6) is 0 Å². The number of alkyl carbamates (subject to hydrolysis) is 1. The van der Waals surface area contributed by atoms with Crippen molar-refractivity contribution in [3.8, 4) is 0 Å². The van der Waals surface area contributed by atoms with E-state index in [1.54, 1.807) is 17.0 Å². The minimum absolute atomic E-state index is 0.161. The van der Waals surface area contributed by atoms with Crippen LogP contribution in [-0.4, -0.2) is 60.0 Å². The van der Waals surface area contributed by atoms with Gasteiger partial charge in [0.1, 0.15) is 5.60 Å². The number of carbonyl (C=O) groups excluding carboxylic acids is 2. The molecule has 0 spiro atoms. The van der Waals surface area contributed by atoms with Crippen LogP contribution in [0.4, 0.5) is 4.79 Å². The first kappa shape index (κ1) is 24.9. The van der Waals surface area contributed by atoms with Crippen LogP contribution in [0.15, 0.2) is 18.2 Å². The van der Waals surface area contributed by atoms with Crippen molar-refractivity contribution in [3.05, 3.63) is 28.8 Å². The van der Waals surface area contributed by atoms with Gasteiger partial charge in [-0.2, -0.15) is 0 Å². The third-order valence-electron chi connectivity index (χ3n) is 6.18. The summed E-state index contributed by atoms with van der Waals surface area (Å²) in [6.07, 6.45) is 1.11. The number of ether oxygens (including phenoxy) is 1. The summed E-state index contributed by atoms with van der Waals surface area (Å²) in [5, 5.41) is 3.22. The van der Waals surface area contributed by atoms with Crippen LogP contribution in [0, 0.1) is 0 Å². The van der Waals surface area contributed by atoms with Crippen LogP contribution in [-0.2, 0) is 14.0 Å². The number of nitrogens with one attached hydrogen (secondary N) is 1. The van der Waals surface area contributed by atoms with Crippen molar-refractivity contribution in [2.75, 3.05) is 13.1 Å². The SMILES string of the molecule is CC(C)(C)OC(=O)NC1CCCN(C(=O)c2ccc(B3OC(C)(C)C(C)(C)O3)cc2Cl)C1. The van der Waals surface area contributed by atoms with Crippen LogP contribution in [0.2, 0.25) is 5.02 Å². The van der Waals surface area contributed by atoms with E-state index < -0.39 is 30.0 Å². The van der Waals surface area contributed by atoms with Crippen molar-refractivity contribution in [3.63, 3.8) is 0 Å². The van der Waals surface area contributed by atoms with E-state index in [2.05, 4.69) is 5.32 Å². The lowest BCUT2D eigenvalue weighted by molar-refractivity contribution is 0.00578. The molecule has 2 aliphatic heterocycles. The van der Waals surface area contributed by atoms with E-state index in [0.717, 1.165) is 18.3 Å². The van der Waals surface area contributed by atoms with Crippen LogP contribution in [0.25, 0.3) is 0 Å². The predicted molar refractivity (Wildman–Crippen MR) is 125 cm³/mol. The van der Waals surface area contributed by atoms with Gasteiger partial charge in [-0.15, -0.1) is 0 Å². The van der Waals surface area contributed by atoms with E-state index >= 15 is 0 Å². The van der Waals surface area contributed by atoms with Gasteiger partial charge in [0.25, 0.3) is 5.91 Å². The van der Waals surface area contributed by atoms with E-state index in [9.17, 15) is 9.59 Å². The van der Waals surface area contributed by atoms with Crippen LogP contribution in [0.3, 0.4) is 0 Å². The first-order valence-electron chi connectivity index (χ1n) is 11.1. The summed E-state index contributed by atoms with van der Waals surface area (Å²) >= 11 is 6.51. The molecule has 176 valence electrons. The molecule has 2 fully saturated rings. The zero-order valence-electron chi connectivity index (χ0n) is 20.1. The van der Waals surface area contributed by atoms with Gasteiger partial charge >= 0.3 is 13.2 Å². The number of likely N-dealkylation sites (tertiary alicyclic amines) is 1. The van der Waals surface area contributed by atoms with E-state index in [1.807, 2.05) is 54.5 Å². The Morgan fingerprint density at radius 2 is 1.81 bits per heavy atom. The maximum Gasteiger partial charge on any atom is 0.494 e. The molecule has 0 saturated carbocycles. The number of amides is 2. The molecule has 0 radical (unpaired) electrons. The number of nitrogens with zero attached hydrogens (tertiary/aromatic N) is 1. The number of carbonyl (C=O) groups is 2. The van der Waals surface area contributed by atoms with E-state index in [1.165, 1.54) is 0 Å². The molecule has 32 heavy (non-hydrogen) atoms. The van der Waals surface area contributed by atoms with Gasteiger partial charge < -0.3 is 24.3 Å². The van der Waals surface area contributed by atoms with Crippen molar-refractivity contribution < 1.29 is 23.6 Å². The normalized spacial score (nSPS) is 22.6. The number of benzene rings is 1. The number of hydrogen-bond acceptors (Lipinski definition) is 5. The Balaban J connectivity index is 1.67. The Hall–Kier alpha value is -1.77. The highest BCUT2D eigenvalue weighted by Gasteiger charge is 2.51. The molecule has 0 aromatic heterocycles. The predicted octanol–water partition coefficient (Wildman–Crippen LogP) is 3.77. The van der Waals surface area contributed by atoms with E-state index in [4.69, 9.17) is 25.6 Å². The highest BCUT2D eigenvalue weighted by molar-refractivity contribution is 6.62. The van der Waals surface area contributed by atoms with Gasteiger partial charge in [-0.25, -0.2) is 4.79 Å². The summed E-state index contributed by atoms with van der Waals surface area (Å²) in [5.41, 5.74) is -0.288. The fourth-order valence-electron chi connectivity index (χ4n) is 3.75. The summed E-state index contributed by atoms with van der Waals surface area (Å²) < 4.78 is 17.5. The van der Waals surface area contributed by atoms with Crippen LogP contribution in [0.1, 0.15) is 71.7 Å². The maximum absolute atomic E-state index is 13.2. The molecule has 9 heteroatoms. The molecule has 1 atom stereocenters. The number of rotatable bonds is 3. The first-order chi connectivity index (χ1) is 14.7. The summed E-state index contributed by atoms with van der Waals surface area (Å²) in [6, 6.07) is 5.11. The van der Waals surface area contributed by atoms with Crippen molar-refractivity contribution >= 4 is 36.2 Å². The fourth-order valence-corrected chi connectivity index (χ4v) is 4.02. The smallest absolute Gasteiger partial charge is 0.444 e. The largest absolute Gasteiger partial charge is 0.494 e. The number of hydrogen-bond donors (Lipinski definition) is 1. The Morgan fingerprint density at radius 3 is 2.38 bits per heavy atom. The lowest BCUT2D eigenvalue weighted by Gasteiger charge is -2.33. The topological polar surface area (TPSA) is 77.1 Å². The Labute approximate surface area is 196 Å². The number of halogens is 1. The third-order valence-corrected chi connectivity index (χ3v) is 6.49. The molecule has 2 saturated heterocycles. The molecule has 3 rings (SSSR count). The fraction of sp³-hybridized carbons (Fsp3) is 0.652. The highest BCUT2D eigenvalue weighted by Crippen LogP contribution is 2.36. The second kappa shape index (κ2) is 8.88. The zero-order valence-corrected chi connectivity index (χ0v) is 20.8. The van der Waals surface area contributed by atoms with E-state index in [-0.39, 0.29) is 11.9 Å². The average molecular weight is 465 g/mol. The van der Waals surface area contributed by atoms with Crippen molar-refractivity contribution in [1.82, 2.24) is 10.2 Å². The molecule has 2 aliphatic rings. The molecule has 0 bridgehead atoms. The summed E-state index contributed by atoms with van der Waals surface area (Å²) in [5.74, 6) is -0.161. The van der Waals surface area contributed by atoms with Gasteiger partial charge in [0.2, 0.25) is 0 Å². The second-order valence-corrected chi connectivity index (χ2v) is 11.0. The van der Waals surface area contributed by atoms with E-state index in [0.29, 0.717) is 23.7 Å². The molecule has 2 heterocycles.